The Morgan fingerprint density at radius 3 is 2.57 bits per heavy atom. The first-order valence-electron chi connectivity index (χ1n) is 11.3. The summed E-state index contributed by atoms with van der Waals surface area (Å²) in [6.45, 7) is 5.81. The summed E-state index contributed by atoms with van der Waals surface area (Å²) in [5.74, 6) is -0.0208. The summed E-state index contributed by atoms with van der Waals surface area (Å²) in [4.78, 5) is 15.7. The van der Waals surface area contributed by atoms with Crippen molar-refractivity contribution in [2.75, 3.05) is 17.3 Å². The van der Waals surface area contributed by atoms with E-state index < -0.39 is 17.7 Å². The highest BCUT2D eigenvalue weighted by Gasteiger charge is 2.59. The van der Waals surface area contributed by atoms with Crippen LogP contribution in [0, 0.1) is 25.6 Å². The summed E-state index contributed by atoms with van der Waals surface area (Å²) in [5.41, 5.74) is 3.02. The summed E-state index contributed by atoms with van der Waals surface area (Å²) in [5, 5.41) is 6.83. The van der Waals surface area contributed by atoms with E-state index in [-0.39, 0.29) is 11.7 Å². The third kappa shape index (κ3) is 3.87. The van der Waals surface area contributed by atoms with Crippen molar-refractivity contribution in [3.63, 3.8) is 0 Å². The number of carbonyl (C=O) groups is 1. The summed E-state index contributed by atoms with van der Waals surface area (Å²) < 4.78 is 25.7. The largest absolute Gasteiger partial charge is 0.497 e. The van der Waals surface area contributed by atoms with E-state index in [0.717, 1.165) is 22.4 Å². The number of amides is 1. The van der Waals surface area contributed by atoms with E-state index in [1.165, 1.54) is 12.1 Å². The molecule has 0 unspecified atom stereocenters. The Hall–Kier alpha value is -3.65. The fourth-order valence-corrected chi connectivity index (χ4v) is 5.45. The molecule has 0 radical (unpaired) electrons. The Labute approximate surface area is 209 Å². The second-order valence-electron chi connectivity index (χ2n) is 9.08. The molecule has 2 N–H and O–H groups in total. The molecule has 5 rings (SSSR count). The molecule has 6 nitrogen and oxygen atoms in total. The molecule has 180 valence electrons. The summed E-state index contributed by atoms with van der Waals surface area (Å²) in [6.07, 6.45) is 0. The van der Waals surface area contributed by atoms with Gasteiger partial charge in [0.05, 0.1) is 13.2 Å². The van der Waals surface area contributed by atoms with Crippen LogP contribution in [0.15, 0.2) is 60.7 Å². The van der Waals surface area contributed by atoms with Crippen LogP contribution in [0.5, 0.6) is 11.5 Å². The topological polar surface area (TPSA) is 62.8 Å². The molecule has 3 aromatic rings. The number of hydrogen-bond acceptors (Lipinski definition) is 4. The number of aryl methyl sites for hydroxylation is 2. The molecule has 35 heavy (non-hydrogen) atoms. The van der Waals surface area contributed by atoms with Gasteiger partial charge in [0.1, 0.15) is 23.2 Å². The highest BCUT2D eigenvalue weighted by atomic mass is 32.1. The van der Waals surface area contributed by atoms with Crippen molar-refractivity contribution in [3.8, 4) is 11.5 Å². The van der Waals surface area contributed by atoms with Crippen molar-refractivity contribution in [2.24, 2.45) is 5.92 Å². The number of carbonyl (C=O) groups excluding carboxylic acids is 1. The van der Waals surface area contributed by atoms with Crippen molar-refractivity contribution < 1.29 is 18.7 Å². The molecule has 0 saturated carbocycles. The molecule has 2 heterocycles. The van der Waals surface area contributed by atoms with E-state index >= 15 is 0 Å². The molecule has 3 atom stereocenters. The number of thiocarbonyl (C=S) groups is 1. The van der Waals surface area contributed by atoms with Gasteiger partial charge in [0.25, 0.3) is 0 Å². The number of ether oxygens (including phenoxy) is 2. The van der Waals surface area contributed by atoms with Gasteiger partial charge in [-0.3, -0.25) is 9.69 Å². The minimum Gasteiger partial charge on any atom is -0.497 e. The lowest BCUT2D eigenvalue weighted by Crippen LogP contribution is -2.72. The van der Waals surface area contributed by atoms with Crippen LogP contribution in [0.3, 0.4) is 0 Å². The van der Waals surface area contributed by atoms with Gasteiger partial charge in [-0.25, -0.2) is 4.39 Å². The van der Waals surface area contributed by atoms with Crippen molar-refractivity contribution in [2.45, 2.75) is 32.5 Å². The van der Waals surface area contributed by atoms with Gasteiger partial charge in [-0.1, -0.05) is 17.7 Å². The van der Waals surface area contributed by atoms with E-state index in [9.17, 15) is 9.18 Å². The molecular formula is C27H26FN3O3S. The number of nitrogens with one attached hydrogen (secondary N) is 2. The van der Waals surface area contributed by atoms with E-state index in [1.807, 2.05) is 57.2 Å². The van der Waals surface area contributed by atoms with Crippen molar-refractivity contribution in [1.29, 1.82) is 0 Å². The van der Waals surface area contributed by atoms with Gasteiger partial charge in [0, 0.05) is 16.9 Å². The lowest BCUT2D eigenvalue weighted by Gasteiger charge is -2.56. The van der Waals surface area contributed by atoms with E-state index in [2.05, 4.69) is 10.6 Å². The Morgan fingerprint density at radius 2 is 1.89 bits per heavy atom. The highest BCUT2D eigenvalue weighted by Crippen LogP contribution is 2.50. The van der Waals surface area contributed by atoms with Crippen molar-refractivity contribution in [1.82, 2.24) is 5.32 Å². The standard InChI is InChI=1S/C27H26FN3O3S/c1-15-5-11-21(16(2)13-15)29-25(32)23-24-20-14-19(33-4)10-12-22(20)34-27(23,3)31(26(35)30-24)18-8-6-17(28)7-9-18/h5-14,23-24H,1-4H3,(H,29,32)(H,30,35)/t23-,24+,27+/m0/s1. The van der Waals surface area contributed by atoms with Crippen LogP contribution in [0.25, 0.3) is 0 Å². The van der Waals surface area contributed by atoms with Crippen molar-refractivity contribution >= 4 is 34.6 Å². The molecule has 2 aliphatic heterocycles. The van der Waals surface area contributed by atoms with Gasteiger partial charge in [-0.05, 0) is 87.1 Å². The Balaban J connectivity index is 1.63. The number of anilines is 2. The van der Waals surface area contributed by atoms with E-state index in [0.29, 0.717) is 22.3 Å². The fraction of sp³-hybridized carbons (Fsp3) is 0.259. The van der Waals surface area contributed by atoms with Gasteiger partial charge in [0.15, 0.2) is 10.8 Å². The zero-order valence-corrected chi connectivity index (χ0v) is 20.7. The number of hydrogen-bond donors (Lipinski definition) is 2. The molecule has 1 fully saturated rings. The number of methoxy groups -OCH3 is 1. The maximum atomic E-state index is 13.9. The second kappa shape index (κ2) is 8.53. The molecule has 1 saturated heterocycles. The van der Waals surface area contributed by atoms with Gasteiger partial charge in [-0.2, -0.15) is 0 Å². The number of rotatable bonds is 4. The molecule has 2 aliphatic rings. The maximum absolute atomic E-state index is 13.9. The van der Waals surface area contributed by atoms with Crippen LogP contribution in [-0.4, -0.2) is 23.9 Å². The Bertz CT molecular complexity index is 1330. The number of benzene rings is 3. The average Bonchev–Trinajstić information content (AvgIpc) is 2.81. The second-order valence-corrected chi connectivity index (χ2v) is 9.47. The lowest BCUT2D eigenvalue weighted by molar-refractivity contribution is -0.130. The Kier molecular flexibility index (Phi) is 5.63. The van der Waals surface area contributed by atoms with Crippen molar-refractivity contribution in [3.05, 3.63) is 83.2 Å². The van der Waals surface area contributed by atoms with Gasteiger partial charge >= 0.3 is 0 Å². The van der Waals surface area contributed by atoms with Crippen LogP contribution in [0.1, 0.15) is 29.7 Å². The monoisotopic (exact) mass is 491 g/mol. The normalized spacial score (nSPS) is 22.5. The SMILES string of the molecule is COc1ccc2c(c1)[C@H]1NC(=S)N(c3ccc(F)cc3)[C@](C)(O2)[C@@H]1C(=O)Nc1ccc(C)cc1C. The first-order chi connectivity index (χ1) is 16.7. The molecule has 1 amide bonds. The smallest absolute Gasteiger partial charge is 0.236 e. The van der Waals surface area contributed by atoms with Gasteiger partial charge < -0.3 is 20.1 Å². The number of halogens is 1. The van der Waals surface area contributed by atoms with Gasteiger partial charge in [-0.15, -0.1) is 0 Å². The summed E-state index contributed by atoms with van der Waals surface area (Å²) in [7, 11) is 1.59. The zero-order chi connectivity index (χ0) is 24.9. The average molecular weight is 492 g/mol. The summed E-state index contributed by atoms with van der Waals surface area (Å²) >= 11 is 5.74. The van der Waals surface area contributed by atoms with Crippen LogP contribution in [-0.2, 0) is 4.79 Å². The molecule has 0 aliphatic carbocycles. The third-order valence-electron chi connectivity index (χ3n) is 6.71. The molecule has 8 heteroatoms. The van der Waals surface area contributed by atoms with Crippen LogP contribution in [0.2, 0.25) is 0 Å². The summed E-state index contributed by atoms with van der Waals surface area (Å²) in [6, 6.07) is 16.9. The number of fused-ring (bicyclic) bond motifs is 4. The Morgan fingerprint density at radius 1 is 1.14 bits per heavy atom. The lowest BCUT2D eigenvalue weighted by atomic mass is 9.78. The predicted octanol–water partition coefficient (Wildman–Crippen LogP) is 5.25. The van der Waals surface area contributed by atoms with E-state index in [1.54, 1.807) is 24.1 Å². The quantitative estimate of drug-likeness (QED) is 0.486. The molecule has 0 aromatic heterocycles. The molecular weight excluding hydrogens is 465 g/mol. The minimum atomic E-state index is -1.19. The van der Waals surface area contributed by atoms with Crippen LogP contribution < -0.4 is 25.0 Å². The van der Waals surface area contributed by atoms with E-state index in [4.69, 9.17) is 21.7 Å². The molecule has 0 spiro atoms. The fourth-order valence-electron chi connectivity index (χ4n) is 5.03. The van der Waals surface area contributed by atoms with Crippen LogP contribution in [0.4, 0.5) is 15.8 Å². The molecule has 3 aromatic carbocycles. The molecule has 2 bridgehead atoms. The first kappa shape index (κ1) is 23.1. The maximum Gasteiger partial charge on any atom is 0.236 e. The van der Waals surface area contributed by atoms with Gasteiger partial charge in [0.2, 0.25) is 5.91 Å². The zero-order valence-electron chi connectivity index (χ0n) is 19.9. The third-order valence-corrected chi connectivity index (χ3v) is 7.01. The minimum absolute atomic E-state index is 0.222. The van der Waals surface area contributed by atoms with Crippen LogP contribution >= 0.6 is 12.2 Å². The highest BCUT2D eigenvalue weighted by molar-refractivity contribution is 7.80. The number of nitrogens with zero attached hydrogens (tertiary/aromatic N) is 1. The first-order valence-corrected chi connectivity index (χ1v) is 11.7. The predicted molar refractivity (Wildman–Crippen MR) is 137 cm³/mol.